The molecule has 188 valence electrons. The van der Waals surface area contributed by atoms with Crippen LogP contribution in [0.2, 0.25) is 0 Å². The summed E-state index contributed by atoms with van der Waals surface area (Å²) in [6, 6.07) is 12.7. The van der Waals surface area contributed by atoms with Crippen molar-refractivity contribution in [2.75, 3.05) is 12.0 Å². The Morgan fingerprint density at radius 2 is 1.76 bits per heavy atom. The molecule has 12 heteroatoms. The standard InChI is InChI=1S/C25H17BrFN3O7/c1-36-21-12-15(11-20(26)22(21)37-13-14-2-6-18(7-3-14)30(34)35)10-19-23(31)28-25(33)29(24(19)32)17-8-4-16(27)5-9-17/h2-12H,13H2,1H3,(H,28,31,33)/b19-10+. The van der Waals surface area contributed by atoms with Crippen molar-refractivity contribution in [2.24, 2.45) is 0 Å². The zero-order valence-electron chi connectivity index (χ0n) is 19.1. The topological polar surface area (TPSA) is 128 Å². The summed E-state index contributed by atoms with van der Waals surface area (Å²) in [6.07, 6.45) is 1.29. The zero-order valence-corrected chi connectivity index (χ0v) is 20.7. The smallest absolute Gasteiger partial charge is 0.335 e. The molecule has 0 aliphatic carbocycles. The summed E-state index contributed by atoms with van der Waals surface area (Å²) in [5.74, 6) is -1.71. The van der Waals surface area contributed by atoms with Crippen LogP contribution in [0.4, 0.5) is 20.6 Å². The summed E-state index contributed by atoms with van der Waals surface area (Å²) in [4.78, 5) is 48.9. The van der Waals surface area contributed by atoms with Crippen molar-refractivity contribution in [1.82, 2.24) is 5.32 Å². The number of carbonyl (C=O) groups excluding carboxylic acids is 3. The fraction of sp³-hybridized carbons (Fsp3) is 0.0800. The van der Waals surface area contributed by atoms with Gasteiger partial charge in [-0.25, -0.2) is 14.1 Å². The number of urea groups is 1. The first-order valence-electron chi connectivity index (χ1n) is 10.6. The van der Waals surface area contributed by atoms with Crippen molar-refractivity contribution in [1.29, 1.82) is 0 Å². The first kappa shape index (κ1) is 25.5. The average Bonchev–Trinajstić information content (AvgIpc) is 2.87. The summed E-state index contributed by atoms with van der Waals surface area (Å²) in [5.41, 5.74) is 0.800. The third-order valence-corrected chi connectivity index (χ3v) is 5.87. The highest BCUT2D eigenvalue weighted by molar-refractivity contribution is 9.10. The lowest BCUT2D eigenvalue weighted by atomic mass is 10.1. The van der Waals surface area contributed by atoms with Gasteiger partial charge in [-0.05, 0) is 81.7 Å². The first-order chi connectivity index (χ1) is 17.7. The van der Waals surface area contributed by atoms with Gasteiger partial charge in [0.25, 0.3) is 17.5 Å². The van der Waals surface area contributed by atoms with Gasteiger partial charge in [0, 0.05) is 12.1 Å². The highest BCUT2D eigenvalue weighted by Crippen LogP contribution is 2.38. The molecule has 0 unspecified atom stereocenters. The van der Waals surface area contributed by atoms with Crippen molar-refractivity contribution in [3.05, 3.63) is 97.8 Å². The number of benzene rings is 3. The molecule has 1 N–H and O–H groups in total. The Labute approximate surface area is 217 Å². The van der Waals surface area contributed by atoms with E-state index < -0.39 is 28.6 Å². The summed E-state index contributed by atoms with van der Waals surface area (Å²) >= 11 is 3.39. The van der Waals surface area contributed by atoms with Gasteiger partial charge in [0.05, 0.1) is 22.2 Å². The molecule has 0 saturated carbocycles. The second kappa shape index (κ2) is 10.6. The summed E-state index contributed by atoms with van der Waals surface area (Å²) in [5, 5.41) is 12.9. The molecule has 37 heavy (non-hydrogen) atoms. The van der Waals surface area contributed by atoms with E-state index in [0.717, 1.165) is 17.0 Å². The number of carbonyl (C=O) groups is 3. The van der Waals surface area contributed by atoms with Crippen LogP contribution < -0.4 is 19.7 Å². The van der Waals surface area contributed by atoms with Crippen molar-refractivity contribution >= 4 is 51.2 Å². The van der Waals surface area contributed by atoms with Gasteiger partial charge in [-0.15, -0.1) is 0 Å². The second-order valence-corrected chi connectivity index (χ2v) is 8.53. The van der Waals surface area contributed by atoms with Crippen LogP contribution >= 0.6 is 15.9 Å². The van der Waals surface area contributed by atoms with Gasteiger partial charge in [-0.3, -0.25) is 25.0 Å². The van der Waals surface area contributed by atoms with Crippen LogP contribution in [0.25, 0.3) is 6.08 Å². The van der Waals surface area contributed by atoms with E-state index >= 15 is 0 Å². The Hall–Kier alpha value is -4.58. The van der Waals surface area contributed by atoms with Crippen LogP contribution in [-0.4, -0.2) is 29.9 Å². The van der Waals surface area contributed by atoms with Gasteiger partial charge < -0.3 is 9.47 Å². The van der Waals surface area contributed by atoms with E-state index in [1.165, 1.54) is 43.5 Å². The summed E-state index contributed by atoms with van der Waals surface area (Å²) < 4.78 is 25.0. The van der Waals surface area contributed by atoms with E-state index in [1.807, 2.05) is 0 Å². The molecule has 4 amide bonds. The average molecular weight is 570 g/mol. The van der Waals surface area contributed by atoms with Gasteiger partial charge in [-0.2, -0.15) is 0 Å². The molecule has 0 radical (unpaired) electrons. The number of ether oxygens (including phenoxy) is 2. The Morgan fingerprint density at radius 3 is 2.38 bits per heavy atom. The Balaban J connectivity index is 1.60. The number of methoxy groups -OCH3 is 1. The number of barbiturate groups is 1. The normalized spacial score (nSPS) is 14.5. The number of nitro benzene ring substituents is 1. The number of nitrogens with one attached hydrogen (secondary N) is 1. The number of nitro groups is 1. The van der Waals surface area contributed by atoms with Crippen molar-refractivity contribution in [3.63, 3.8) is 0 Å². The number of hydrogen-bond donors (Lipinski definition) is 1. The minimum Gasteiger partial charge on any atom is -0.493 e. The molecule has 1 heterocycles. The largest absolute Gasteiger partial charge is 0.493 e. The Bertz CT molecular complexity index is 1440. The maximum absolute atomic E-state index is 13.3. The Morgan fingerprint density at radius 1 is 1.08 bits per heavy atom. The molecule has 3 aromatic rings. The van der Waals surface area contributed by atoms with Crippen LogP contribution in [-0.2, 0) is 16.2 Å². The maximum atomic E-state index is 13.3. The number of rotatable bonds is 7. The lowest BCUT2D eigenvalue weighted by Gasteiger charge is -2.26. The highest BCUT2D eigenvalue weighted by atomic mass is 79.9. The van der Waals surface area contributed by atoms with E-state index in [0.29, 0.717) is 21.3 Å². The molecule has 0 atom stereocenters. The minimum atomic E-state index is -0.951. The van der Waals surface area contributed by atoms with E-state index in [2.05, 4.69) is 21.2 Å². The lowest BCUT2D eigenvalue weighted by Crippen LogP contribution is -2.54. The fourth-order valence-electron chi connectivity index (χ4n) is 3.48. The summed E-state index contributed by atoms with van der Waals surface area (Å²) in [7, 11) is 1.41. The summed E-state index contributed by atoms with van der Waals surface area (Å²) in [6.45, 7) is 0.0863. The third kappa shape index (κ3) is 5.48. The van der Waals surface area contributed by atoms with E-state index in [-0.39, 0.29) is 29.3 Å². The number of imide groups is 2. The highest BCUT2D eigenvalue weighted by Gasteiger charge is 2.36. The van der Waals surface area contributed by atoms with Gasteiger partial charge in [0.15, 0.2) is 11.5 Å². The van der Waals surface area contributed by atoms with Crippen molar-refractivity contribution < 1.29 is 33.2 Å². The van der Waals surface area contributed by atoms with Crippen LogP contribution in [0.1, 0.15) is 11.1 Å². The quantitative estimate of drug-likeness (QED) is 0.188. The molecule has 0 spiro atoms. The number of halogens is 2. The number of nitrogens with zero attached hydrogens (tertiary/aromatic N) is 2. The molecule has 0 bridgehead atoms. The SMILES string of the molecule is COc1cc(/C=C2\C(=O)NC(=O)N(c3ccc(F)cc3)C2=O)cc(Br)c1OCc1ccc([N+](=O)[O-])cc1. The zero-order chi connectivity index (χ0) is 26.7. The molecule has 1 saturated heterocycles. The van der Waals surface area contributed by atoms with E-state index in [9.17, 15) is 28.9 Å². The van der Waals surface area contributed by atoms with Gasteiger partial charge >= 0.3 is 6.03 Å². The van der Waals surface area contributed by atoms with Crippen LogP contribution in [0.15, 0.2) is 70.7 Å². The Kier molecular flexibility index (Phi) is 7.30. The molecular formula is C25H17BrFN3O7. The van der Waals surface area contributed by atoms with Crippen molar-refractivity contribution in [2.45, 2.75) is 6.61 Å². The first-order valence-corrected chi connectivity index (χ1v) is 11.4. The van der Waals surface area contributed by atoms with E-state index in [1.54, 1.807) is 18.2 Å². The number of anilines is 1. The van der Waals surface area contributed by atoms with Gasteiger partial charge in [-0.1, -0.05) is 0 Å². The third-order valence-electron chi connectivity index (χ3n) is 5.28. The number of non-ortho nitro benzene ring substituents is 1. The molecule has 10 nitrogen and oxygen atoms in total. The second-order valence-electron chi connectivity index (χ2n) is 7.68. The molecule has 3 aromatic carbocycles. The number of amides is 4. The molecule has 1 aliphatic rings. The predicted molar refractivity (Wildman–Crippen MR) is 134 cm³/mol. The monoisotopic (exact) mass is 569 g/mol. The molecule has 0 aromatic heterocycles. The van der Waals surface area contributed by atoms with Crippen LogP contribution in [0, 0.1) is 15.9 Å². The molecule has 1 aliphatic heterocycles. The fourth-order valence-corrected chi connectivity index (χ4v) is 4.06. The lowest BCUT2D eigenvalue weighted by molar-refractivity contribution is -0.384. The van der Waals surface area contributed by atoms with Gasteiger partial charge in [0.2, 0.25) is 0 Å². The van der Waals surface area contributed by atoms with Gasteiger partial charge in [0.1, 0.15) is 18.0 Å². The minimum absolute atomic E-state index is 0.0408. The number of hydrogen-bond acceptors (Lipinski definition) is 7. The van der Waals surface area contributed by atoms with Crippen LogP contribution in [0.5, 0.6) is 11.5 Å². The van der Waals surface area contributed by atoms with Crippen LogP contribution in [0.3, 0.4) is 0 Å². The maximum Gasteiger partial charge on any atom is 0.335 e. The molecule has 4 rings (SSSR count). The van der Waals surface area contributed by atoms with E-state index in [4.69, 9.17) is 9.47 Å². The predicted octanol–water partition coefficient (Wildman–Crippen LogP) is 4.75. The van der Waals surface area contributed by atoms with Crippen molar-refractivity contribution in [3.8, 4) is 11.5 Å². The molecular weight excluding hydrogens is 553 g/mol. The molecule has 1 fully saturated rings.